The Hall–Kier alpha value is -0.520. The molecule has 0 heterocycles. The number of allylic oxidation sites excluding steroid dienone is 4. The highest BCUT2D eigenvalue weighted by atomic mass is 14.2. The quantitative estimate of drug-likeness (QED) is 0.535. The molecule has 14 heavy (non-hydrogen) atoms. The summed E-state index contributed by atoms with van der Waals surface area (Å²) in [5, 5.41) is 0. The first kappa shape index (κ1) is 10.0. The van der Waals surface area contributed by atoms with Crippen LogP contribution in [0.2, 0.25) is 0 Å². The molecule has 0 nitrogen and oxygen atoms in total. The molecule has 0 fully saturated rings. The van der Waals surface area contributed by atoms with Gasteiger partial charge in [0.1, 0.15) is 0 Å². The van der Waals surface area contributed by atoms with Crippen molar-refractivity contribution in [1.82, 2.24) is 0 Å². The third-order valence-electron chi connectivity index (χ3n) is 3.70. The molecule has 0 saturated carbocycles. The van der Waals surface area contributed by atoms with E-state index in [0.29, 0.717) is 0 Å². The number of hydrogen-bond acceptors (Lipinski definition) is 0. The summed E-state index contributed by atoms with van der Waals surface area (Å²) in [6.45, 7) is 0. The Morgan fingerprint density at radius 2 is 1.71 bits per heavy atom. The van der Waals surface area contributed by atoms with Crippen LogP contribution in [-0.2, 0) is 0 Å². The zero-order valence-electron chi connectivity index (χ0n) is 9.12. The third kappa shape index (κ3) is 2.73. The molecule has 2 unspecified atom stereocenters. The topological polar surface area (TPSA) is 0 Å². The van der Waals surface area contributed by atoms with Crippen molar-refractivity contribution in [1.29, 1.82) is 0 Å². The van der Waals surface area contributed by atoms with E-state index in [-0.39, 0.29) is 0 Å². The van der Waals surface area contributed by atoms with Crippen molar-refractivity contribution in [2.24, 2.45) is 11.8 Å². The predicted molar refractivity (Wildman–Crippen MR) is 62.2 cm³/mol. The van der Waals surface area contributed by atoms with E-state index in [9.17, 15) is 0 Å². The Balaban J connectivity index is 1.93. The zero-order valence-corrected chi connectivity index (χ0v) is 9.12. The molecule has 0 amide bonds. The monoisotopic (exact) mass is 190 g/mol. The minimum Gasteiger partial charge on any atom is -0.0885 e. The van der Waals surface area contributed by atoms with Gasteiger partial charge in [0.25, 0.3) is 0 Å². The molecule has 0 aliphatic heterocycles. The summed E-state index contributed by atoms with van der Waals surface area (Å²) >= 11 is 0. The molecule has 0 aromatic heterocycles. The van der Waals surface area contributed by atoms with E-state index in [1.165, 1.54) is 51.4 Å². The van der Waals surface area contributed by atoms with E-state index < -0.39 is 0 Å². The molecule has 2 atom stereocenters. The van der Waals surface area contributed by atoms with Crippen LogP contribution < -0.4 is 0 Å². The zero-order chi connectivity index (χ0) is 9.64. The van der Waals surface area contributed by atoms with Crippen LogP contribution in [0, 0.1) is 11.8 Å². The first-order chi connectivity index (χ1) is 6.97. The van der Waals surface area contributed by atoms with Crippen molar-refractivity contribution < 1.29 is 0 Å². The first-order valence-corrected chi connectivity index (χ1v) is 6.28. The van der Waals surface area contributed by atoms with Gasteiger partial charge in [-0.2, -0.15) is 0 Å². The van der Waals surface area contributed by atoms with Crippen molar-refractivity contribution in [3.8, 4) is 0 Å². The van der Waals surface area contributed by atoms with Crippen LogP contribution in [0.5, 0.6) is 0 Å². The minimum absolute atomic E-state index is 0.895. The molecule has 0 radical (unpaired) electrons. The summed E-state index contributed by atoms with van der Waals surface area (Å²) in [7, 11) is 0. The molecule has 2 rings (SSSR count). The van der Waals surface area contributed by atoms with Gasteiger partial charge in [-0.05, 0) is 56.8 Å². The Kier molecular flexibility index (Phi) is 3.85. The molecule has 2 aliphatic carbocycles. The fourth-order valence-electron chi connectivity index (χ4n) is 2.80. The maximum absolute atomic E-state index is 2.49. The van der Waals surface area contributed by atoms with Crippen molar-refractivity contribution in [3.05, 3.63) is 24.3 Å². The lowest BCUT2D eigenvalue weighted by atomic mass is 9.79. The first-order valence-electron chi connectivity index (χ1n) is 6.28. The molecule has 0 heteroatoms. The van der Waals surface area contributed by atoms with Gasteiger partial charge in [0.05, 0.1) is 0 Å². The van der Waals surface area contributed by atoms with Gasteiger partial charge in [-0.1, -0.05) is 30.7 Å². The van der Waals surface area contributed by atoms with Gasteiger partial charge in [0, 0.05) is 0 Å². The normalized spacial score (nSPS) is 36.0. The molecule has 0 aromatic carbocycles. The average molecular weight is 190 g/mol. The molecule has 0 aromatic rings. The van der Waals surface area contributed by atoms with E-state index in [0.717, 1.165) is 11.8 Å². The van der Waals surface area contributed by atoms with Gasteiger partial charge in [0.2, 0.25) is 0 Å². The largest absolute Gasteiger partial charge is 0.0885 e. The van der Waals surface area contributed by atoms with E-state index >= 15 is 0 Å². The smallest absolute Gasteiger partial charge is 0.0202 e. The van der Waals surface area contributed by atoms with Crippen molar-refractivity contribution in [2.75, 3.05) is 0 Å². The highest BCUT2D eigenvalue weighted by Crippen LogP contribution is 2.32. The fourth-order valence-corrected chi connectivity index (χ4v) is 2.80. The lowest BCUT2D eigenvalue weighted by Gasteiger charge is -2.26. The molecule has 2 aliphatic rings. The van der Waals surface area contributed by atoms with Crippen LogP contribution in [0.3, 0.4) is 0 Å². The van der Waals surface area contributed by atoms with Gasteiger partial charge in [-0.15, -0.1) is 0 Å². The van der Waals surface area contributed by atoms with Crippen molar-refractivity contribution >= 4 is 0 Å². The Labute approximate surface area is 88.1 Å². The summed E-state index contributed by atoms with van der Waals surface area (Å²) in [5.41, 5.74) is 0. The van der Waals surface area contributed by atoms with E-state index in [1.807, 2.05) is 0 Å². The maximum Gasteiger partial charge on any atom is -0.0202 e. The van der Waals surface area contributed by atoms with Crippen molar-refractivity contribution in [2.45, 2.75) is 51.4 Å². The van der Waals surface area contributed by atoms with Gasteiger partial charge < -0.3 is 0 Å². The highest BCUT2D eigenvalue weighted by molar-refractivity contribution is 4.98. The SMILES string of the molecule is C1=CC(C2C/C=C\CCCC2)CCC1. The van der Waals surface area contributed by atoms with Crippen LogP contribution in [0.15, 0.2) is 24.3 Å². The predicted octanol–water partition coefficient (Wildman–Crippen LogP) is 4.48. The molecule has 78 valence electrons. The van der Waals surface area contributed by atoms with Crippen LogP contribution >= 0.6 is 0 Å². The lowest BCUT2D eigenvalue weighted by Crippen LogP contribution is -2.15. The van der Waals surface area contributed by atoms with Crippen LogP contribution in [-0.4, -0.2) is 0 Å². The number of hydrogen-bond donors (Lipinski definition) is 0. The van der Waals surface area contributed by atoms with Crippen LogP contribution in [0.4, 0.5) is 0 Å². The van der Waals surface area contributed by atoms with E-state index in [4.69, 9.17) is 0 Å². The molecule has 0 N–H and O–H groups in total. The van der Waals surface area contributed by atoms with E-state index in [2.05, 4.69) is 24.3 Å². The summed E-state index contributed by atoms with van der Waals surface area (Å²) < 4.78 is 0. The third-order valence-corrected chi connectivity index (χ3v) is 3.70. The average Bonchev–Trinajstić information content (AvgIpc) is 2.18. The lowest BCUT2D eigenvalue weighted by molar-refractivity contribution is 0.326. The Morgan fingerprint density at radius 3 is 2.57 bits per heavy atom. The second-order valence-electron chi connectivity index (χ2n) is 4.77. The Bertz CT molecular complexity index is 212. The Morgan fingerprint density at radius 1 is 0.786 bits per heavy atom. The standard InChI is InChI=1S/C14H22/c1-2-5-9-13(10-6-3-1)14-11-7-4-8-12-14/h2,5,7,11,13-14H,1,3-4,6,8-10,12H2/b5-2-. The van der Waals surface area contributed by atoms with Gasteiger partial charge in [0.15, 0.2) is 0 Å². The van der Waals surface area contributed by atoms with Gasteiger partial charge in [-0.3, -0.25) is 0 Å². The highest BCUT2D eigenvalue weighted by Gasteiger charge is 2.19. The summed E-state index contributed by atoms with van der Waals surface area (Å²) in [5.74, 6) is 1.84. The van der Waals surface area contributed by atoms with Gasteiger partial charge >= 0.3 is 0 Å². The van der Waals surface area contributed by atoms with Crippen LogP contribution in [0.25, 0.3) is 0 Å². The number of rotatable bonds is 1. The van der Waals surface area contributed by atoms with Gasteiger partial charge in [-0.25, -0.2) is 0 Å². The fraction of sp³-hybridized carbons (Fsp3) is 0.714. The molecule has 0 saturated heterocycles. The van der Waals surface area contributed by atoms with E-state index in [1.54, 1.807) is 0 Å². The second kappa shape index (κ2) is 5.38. The second-order valence-corrected chi connectivity index (χ2v) is 4.77. The van der Waals surface area contributed by atoms with Crippen LogP contribution in [0.1, 0.15) is 51.4 Å². The summed E-state index contributed by atoms with van der Waals surface area (Å²) in [6.07, 6.45) is 20.8. The summed E-state index contributed by atoms with van der Waals surface area (Å²) in [6, 6.07) is 0. The maximum atomic E-state index is 2.49. The molecular weight excluding hydrogens is 168 g/mol. The molecule has 0 bridgehead atoms. The molecular formula is C14H22. The van der Waals surface area contributed by atoms with Crippen molar-refractivity contribution in [3.63, 3.8) is 0 Å². The summed E-state index contributed by atoms with van der Waals surface area (Å²) in [4.78, 5) is 0. The molecule has 0 spiro atoms. The minimum atomic E-state index is 0.895.